The van der Waals surface area contributed by atoms with E-state index in [2.05, 4.69) is 4.74 Å². The van der Waals surface area contributed by atoms with E-state index >= 15 is 0 Å². The van der Waals surface area contributed by atoms with Gasteiger partial charge < -0.3 is 14.2 Å². The summed E-state index contributed by atoms with van der Waals surface area (Å²) in [6, 6.07) is 0. The molecule has 1 rings (SSSR count). The number of rotatable bonds is 4. The van der Waals surface area contributed by atoms with Crippen LogP contribution >= 0.6 is 0 Å². The van der Waals surface area contributed by atoms with Crippen molar-refractivity contribution in [3.05, 3.63) is 0 Å². The van der Waals surface area contributed by atoms with Gasteiger partial charge in [0.15, 0.2) is 5.79 Å². The second-order valence-electron chi connectivity index (χ2n) is 3.71. The highest BCUT2D eigenvalue weighted by Crippen LogP contribution is 2.39. The molecule has 0 bridgehead atoms. The zero-order chi connectivity index (χ0) is 12.6. The van der Waals surface area contributed by atoms with Crippen LogP contribution in [0.3, 0.4) is 0 Å². The fourth-order valence-electron chi connectivity index (χ4n) is 2.02. The zero-order valence-electron chi connectivity index (χ0n) is 11.0. The molecule has 0 radical (unpaired) electrons. The average Bonchev–Trinajstić information content (AvgIpc) is 2.75. The van der Waals surface area contributed by atoms with E-state index < -0.39 is 5.79 Å². The van der Waals surface area contributed by atoms with Gasteiger partial charge in [-0.1, -0.05) is 13.8 Å². The van der Waals surface area contributed by atoms with Crippen LogP contribution in [0.1, 0.15) is 39.5 Å². The molecule has 1 saturated carbocycles. The molecule has 96 valence electrons. The van der Waals surface area contributed by atoms with E-state index in [0.29, 0.717) is 12.3 Å². The molecule has 1 fully saturated rings. The van der Waals surface area contributed by atoms with Crippen molar-refractivity contribution in [3.63, 3.8) is 0 Å². The predicted octanol–water partition coefficient (Wildman–Crippen LogP) is 2.36. The van der Waals surface area contributed by atoms with Gasteiger partial charge in [-0.25, -0.2) is 0 Å². The first-order chi connectivity index (χ1) is 7.65. The molecule has 16 heavy (non-hydrogen) atoms. The standard InChI is InChI=1S/C10H18O4.C2H6/c1-12-9(11)6-8-4-5-10(7-8,13-2)14-3;1-2/h8H,4-7H2,1-3H3;1-2H3. The molecule has 0 aromatic heterocycles. The van der Waals surface area contributed by atoms with Gasteiger partial charge in [0, 0.05) is 33.5 Å². The van der Waals surface area contributed by atoms with E-state index in [1.807, 2.05) is 13.8 Å². The fraction of sp³-hybridized carbons (Fsp3) is 0.917. The van der Waals surface area contributed by atoms with Crippen molar-refractivity contribution in [1.82, 2.24) is 0 Å². The molecule has 1 unspecified atom stereocenters. The lowest BCUT2D eigenvalue weighted by molar-refractivity contribution is -0.202. The monoisotopic (exact) mass is 232 g/mol. The lowest BCUT2D eigenvalue weighted by atomic mass is 10.0. The van der Waals surface area contributed by atoms with Crippen LogP contribution in [0.15, 0.2) is 0 Å². The number of methoxy groups -OCH3 is 3. The van der Waals surface area contributed by atoms with Crippen LogP contribution in [0.4, 0.5) is 0 Å². The highest BCUT2D eigenvalue weighted by Gasteiger charge is 2.40. The highest BCUT2D eigenvalue weighted by atomic mass is 16.7. The average molecular weight is 232 g/mol. The molecule has 4 nitrogen and oxygen atoms in total. The number of carbonyl (C=O) groups is 1. The second kappa shape index (κ2) is 7.63. The van der Waals surface area contributed by atoms with Gasteiger partial charge in [0.25, 0.3) is 0 Å². The predicted molar refractivity (Wildman–Crippen MR) is 62.1 cm³/mol. The van der Waals surface area contributed by atoms with Gasteiger partial charge in [-0.15, -0.1) is 0 Å². The van der Waals surface area contributed by atoms with Crippen molar-refractivity contribution in [1.29, 1.82) is 0 Å². The summed E-state index contributed by atoms with van der Waals surface area (Å²) >= 11 is 0. The summed E-state index contributed by atoms with van der Waals surface area (Å²) < 4.78 is 15.3. The Hall–Kier alpha value is -0.610. The van der Waals surface area contributed by atoms with Gasteiger partial charge in [0.2, 0.25) is 0 Å². The molecule has 0 heterocycles. The summed E-state index contributed by atoms with van der Waals surface area (Å²) in [6.07, 6.45) is 3.04. The first-order valence-electron chi connectivity index (χ1n) is 5.83. The van der Waals surface area contributed by atoms with Gasteiger partial charge in [-0.2, -0.15) is 0 Å². The summed E-state index contributed by atoms with van der Waals surface area (Å²) in [5.41, 5.74) is 0. The van der Waals surface area contributed by atoms with E-state index in [9.17, 15) is 4.79 Å². The molecule has 1 aliphatic rings. The lowest BCUT2D eigenvalue weighted by Gasteiger charge is -2.25. The van der Waals surface area contributed by atoms with Crippen molar-refractivity contribution in [2.45, 2.75) is 45.3 Å². The summed E-state index contributed by atoms with van der Waals surface area (Å²) in [5.74, 6) is -0.307. The number of esters is 1. The third-order valence-corrected chi connectivity index (χ3v) is 2.96. The Morgan fingerprint density at radius 1 is 1.25 bits per heavy atom. The molecule has 1 aliphatic carbocycles. The maximum Gasteiger partial charge on any atom is 0.305 e. The fourth-order valence-corrected chi connectivity index (χ4v) is 2.02. The molecule has 0 N–H and O–H groups in total. The van der Waals surface area contributed by atoms with Crippen LogP contribution in [0.25, 0.3) is 0 Å². The third kappa shape index (κ3) is 4.10. The summed E-state index contributed by atoms with van der Waals surface area (Å²) in [5, 5.41) is 0. The zero-order valence-corrected chi connectivity index (χ0v) is 11.0. The van der Waals surface area contributed by atoms with E-state index in [1.165, 1.54) is 7.11 Å². The van der Waals surface area contributed by atoms with Crippen molar-refractivity contribution in [2.75, 3.05) is 21.3 Å². The molecule has 0 aromatic carbocycles. The Labute approximate surface area is 98.3 Å². The van der Waals surface area contributed by atoms with Gasteiger partial charge >= 0.3 is 5.97 Å². The van der Waals surface area contributed by atoms with Gasteiger partial charge in [-0.05, 0) is 12.3 Å². The maximum atomic E-state index is 11.1. The van der Waals surface area contributed by atoms with E-state index in [1.54, 1.807) is 14.2 Å². The van der Waals surface area contributed by atoms with Crippen molar-refractivity contribution >= 4 is 5.97 Å². The van der Waals surface area contributed by atoms with Crippen molar-refractivity contribution < 1.29 is 19.0 Å². The lowest BCUT2D eigenvalue weighted by Crippen LogP contribution is -2.30. The van der Waals surface area contributed by atoms with Crippen LogP contribution in [-0.4, -0.2) is 33.1 Å². The maximum absolute atomic E-state index is 11.1. The minimum Gasteiger partial charge on any atom is -0.469 e. The number of hydrogen-bond acceptors (Lipinski definition) is 4. The van der Waals surface area contributed by atoms with Crippen molar-refractivity contribution in [2.24, 2.45) is 5.92 Å². The molecular weight excluding hydrogens is 208 g/mol. The highest BCUT2D eigenvalue weighted by molar-refractivity contribution is 5.69. The largest absolute Gasteiger partial charge is 0.469 e. The molecule has 0 spiro atoms. The second-order valence-corrected chi connectivity index (χ2v) is 3.71. The summed E-state index contributed by atoms with van der Waals surface area (Å²) in [7, 11) is 4.70. The molecule has 4 heteroatoms. The Morgan fingerprint density at radius 2 is 1.81 bits per heavy atom. The molecule has 0 aliphatic heterocycles. The molecule has 0 saturated heterocycles. The van der Waals surface area contributed by atoms with E-state index in [-0.39, 0.29) is 5.97 Å². The molecule has 1 atom stereocenters. The van der Waals surface area contributed by atoms with Crippen LogP contribution in [0, 0.1) is 5.92 Å². The quantitative estimate of drug-likeness (QED) is 0.551. The SMILES string of the molecule is CC.COC(=O)CC1CCC(OC)(OC)C1. The Balaban J connectivity index is 0.00000106. The van der Waals surface area contributed by atoms with Gasteiger partial charge in [0.05, 0.1) is 7.11 Å². The van der Waals surface area contributed by atoms with Crippen LogP contribution in [-0.2, 0) is 19.0 Å². The summed E-state index contributed by atoms with van der Waals surface area (Å²) in [6.45, 7) is 4.00. The summed E-state index contributed by atoms with van der Waals surface area (Å²) in [4.78, 5) is 11.1. The number of ether oxygens (including phenoxy) is 3. The van der Waals surface area contributed by atoms with E-state index in [4.69, 9.17) is 9.47 Å². The first-order valence-corrected chi connectivity index (χ1v) is 5.83. The number of carbonyl (C=O) groups excluding carboxylic acids is 1. The van der Waals surface area contributed by atoms with E-state index in [0.717, 1.165) is 19.3 Å². The minimum absolute atomic E-state index is 0.155. The van der Waals surface area contributed by atoms with Crippen LogP contribution in [0.2, 0.25) is 0 Å². The normalized spacial score (nSPS) is 22.2. The van der Waals surface area contributed by atoms with Gasteiger partial charge in [-0.3, -0.25) is 4.79 Å². The Bertz CT molecular complexity index is 199. The first kappa shape index (κ1) is 15.4. The topological polar surface area (TPSA) is 44.8 Å². The molecule has 0 aromatic rings. The minimum atomic E-state index is -0.474. The van der Waals surface area contributed by atoms with Crippen molar-refractivity contribution in [3.8, 4) is 0 Å². The third-order valence-electron chi connectivity index (χ3n) is 2.96. The van der Waals surface area contributed by atoms with Crippen LogP contribution in [0.5, 0.6) is 0 Å². The van der Waals surface area contributed by atoms with Crippen LogP contribution < -0.4 is 0 Å². The number of hydrogen-bond donors (Lipinski definition) is 0. The molecule has 0 amide bonds. The Morgan fingerprint density at radius 3 is 2.19 bits per heavy atom. The Kier molecular flexibility index (Phi) is 7.34. The smallest absolute Gasteiger partial charge is 0.305 e. The van der Waals surface area contributed by atoms with Gasteiger partial charge in [0.1, 0.15) is 0 Å². The molecular formula is C12H24O4.